The molecular formula is C24H14ClF3N8O2. The number of hydrogen-bond donors (Lipinski definition) is 2. The van der Waals surface area contributed by atoms with Crippen LogP contribution >= 0.6 is 11.6 Å². The van der Waals surface area contributed by atoms with Crippen LogP contribution in [-0.4, -0.2) is 41.3 Å². The number of anilines is 2. The van der Waals surface area contributed by atoms with Crippen LogP contribution in [0.15, 0.2) is 55.1 Å². The van der Waals surface area contributed by atoms with Crippen molar-refractivity contribution in [2.75, 3.05) is 10.6 Å². The van der Waals surface area contributed by atoms with Crippen molar-refractivity contribution in [3.8, 4) is 11.5 Å². The molecule has 190 valence electrons. The molecule has 0 atom stereocenters. The number of alkyl halides is 3. The minimum atomic E-state index is -4.94. The van der Waals surface area contributed by atoms with E-state index in [1.54, 1.807) is 25.1 Å². The van der Waals surface area contributed by atoms with Crippen molar-refractivity contribution in [1.82, 2.24) is 29.5 Å². The number of amides is 2. The Labute approximate surface area is 216 Å². The van der Waals surface area contributed by atoms with Crippen LogP contribution in [0, 0.1) is 6.92 Å². The monoisotopic (exact) mass is 538 g/mol. The quantitative estimate of drug-likeness (QED) is 0.339. The molecule has 3 aromatic heterocycles. The van der Waals surface area contributed by atoms with Gasteiger partial charge in [0.2, 0.25) is 0 Å². The minimum Gasteiger partial charge on any atom is -0.321 e. The van der Waals surface area contributed by atoms with Crippen molar-refractivity contribution >= 4 is 45.6 Å². The zero-order chi connectivity index (χ0) is 26.8. The fourth-order valence-electron chi connectivity index (χ4n) is 4.34. The average Bonchev–Trinajstić information content (AvgIpc) is 3.58. The lowest BCUT2D eigenvalue weighted by atomic mass is 10.0. The number of nitrogens with one attached hydrogen (secondary N) is 2. The molecule has 0 saturated heterocycles. The smallest absolute Gasteiger partial charge is 0.321 e. The third-order valence-corrected chi connectivity index (χ3v) is 6.20. The second-order valence-electron chi connectivity index (χ2n) is 8.35. The van der Waals surface area contributed by atoms with Gasteiger partial charge in [0, 0.05) is 22.0 Å². The Morgan fingerprint density at radius 2 is 1.95 bits per heavy atom. The third kappa shape index (κ3) is 3.75. The largest absolute Gasteiger partial charge is 0.434 e. The lowest BCUT2D eigenvalue weighted by Crippen LogP contribution is -2.21. The highest BCUT2D eigenvalue weighted by Crippen LogP contribution is 2.39. The van der Waals surface area contributed by atoms with Gasteiger partial charge in [0.05, 0.1) is 34.4 Å². The molecule has 2 aromatic carbocycles. The van der Waals surface area contributed by atoms with Gasteiger partial charge in [-0.15, -0.1) is 0 Å². The molecular weight excluding hydrogens is 525 g/mol. The molecule has 0 aliphatic carbocycles. The van der Waals surface area contributed by atoms with Crippen molar-refractivity contribution in [3.05, 3.63) is 82.8 Å². The Balaban J connectivity index is 1.39. The number of benzene rings is 2. The van der Waals surface area contributed by atoms with Crippen molar-refractivity contribution in [3.63, 3.8) is 0 Å². The highest BCUT2D eigenvalue weighted by molar-refractivity contribution is 6.32. The Morgan fingerprint density at radius 3 is 2.66 bits per heavy atom. The summed E-state index contributed by atoms with van der Waals surface area (Å²) in [5.74, 6) is -0.695. The first-order chi connectivity index (χ1) is 18.1. The highest BCUT2D eigenvalue weighted by atomic mass is 35.5. The van der Waals surface area contributed by atoms with E-state index in [0.717, 1.165) is 6.20 Å². The first-order valence-corrected chi connectivity index (χ1v) is 11.4. The van der Waals surface area contributed by atoms with Crippen LogP contribution in [-0.2, 0) is 6.18 Å². The first-order valence-electron chi connectivity index (χ1n) is 11.0. The number of aryl methyl sites for hydroxylation is 1. The van der Waals surface area contributed by atoms with Gasteiger partial charge in [0.1, 0.15) is 12.2 Å². The van der Waals surface area contributed by atoms with Gasteiger partial charge in [-0.05, 0) is 31.2 Å². The molecule has 0 unspecified atom stereocenters. The van der Waals surface area contributed by atoms with E-state index in [9.17, 15) is 22.8 Å². The number of hydrogen-bond acceptors (Lipinski definition) is 6. The molecule has 6 rings (SSSR count). The number of pyridine rings is 1. The van der Waals surface area contributed by atoms with Gasteiger partial charge in [-0.25, -0.2) is 19.3 Å². The molecule has 0 saturated carbocycles. The molecule has 10 nitrogen and oxygen atoms in total. The van der Waals surface area contributed by atoms with E-state index >= 15 is 0 Å². The molecule has 2 N–H and O–H groups in total. The maximum absolute atomic E-state index is 14.3. The van der Waals surface area contributed by atoms with E-state index in [4.69, 9.17) is 11.6 Å². The van der Waals surface area contributed by atoms with Gasteiger partial charge < -0.3 is 10.6 Å². The van der Waals surface area contributed by atoms with Crippen LogP contribution in [0.25, 0.3) is 22.3 Å². The van der Waals surface area contributed by atoms with Gasteiger partial charge in [0.25, 0.3) is 11.8 Å². The number of carbonyl (C=O) groups is 2. The normalized spacial score (nSPS) is 12.7. The van der Waals surface area contributed by atoms with Gasteiger partial charge in [-0.1, -0.05) is 23.7 Å². The second-order valence-corrected chi connectivity index (χ2v) is 8.76. The van der Waals surface area contributed by atoms with E-state index in [0.29, 0.717) is 32.5 Å². The van der Waals surface area contributed by atoms with E-state index in [-0.39, 0.29) is 28.1 Å². The van der Waals surface area contributed by atoms with Crippen molar-refractivity contribution in [2.45, 2.75) is 13.1 Å². The van der Waals surface area contributed by atoms with Crippen molar-refractivity contribution < 1.29 is 22.8 Å². The SMILES string of the molecule is Cc1ncn(-c2ncc(NC(=O)c3cnn(-c4ccc5c6c(cccc46)C(=O)N5)c3C(F)(F)F)cc2Cl)n1. The van der Waals surface area contributed by atoms with E-state index < -0.39 is 23.3 Å². The highest BCUT2D eigenvalue weighted by Gasteiger charge is 2.41. The molecule has 0 bridgehead atoms. The van der Waals surface area contributed by atoms with Crippen LogP contribution in [0.1, 0.15) is 32.2 Å². The summed E-state index contributed by atoms with van der Waals surface area (Å²) in [5.41, 5.74) is -1.03. The van der Waals surface area contributed by atoms with Crippen LogP contribution < -0.4 is 10.6 Å². The predicted octanol–water partition coefficient (Wildman–Crippen LogP) is 4.80. The minimum absolute atomic E-state index is 0.0608. The van der Waals surface area contributed by atoms with Crippen LogP contribution in [0.3, 0.4) is 0 Å². The molecule has 38 heavy (non-hydrogen) atoms. The summed E-state index contributed by atoms with van der Waals surface area (Å²) in [7, 11) is 0. The molecule has 14 heteroatoms. The van der Waals surface area contributed by atoms with Crippen molar-refractivity contribution in [2.24, 2.45) is 0 Å². The summed E-state index contributed by atoms with van der Waals surface area (Å²) in [4.78, 5) is 33.3. The predicted molar refractivity (Wildman–Crippen MR) is 131 cm³/mol. The van der Waals surface area contributed by atoms with Gasteiger partial charge in [0.15, 0.2) is 11.5 Å². The summed E-state index contributed by atoms with van der Waals surface area (Å²) in [6, 6.07) is 8.99. The Morgan fingerprint density at radius 1 is 1.13 bits per heavy atom. The molecule has 5 aromatic rings. The summed E-state index contributed by atoms with van der Waals surface area (Å²) >= 11 is 6.26. The molecule has 2 amide bonds. The molecule has 0 fully saturated rings. The number of rotatable bonds is 4. The van der Waals surface area contributed by atoms with E-state index in [1.165, 1.54) is 35.4 Å². The van der Waals surface area contributed by atoms with Crippen molar-refractivity contribution in [1.29, 1.82) is 0 Å². The zero-order valence-electron chi connectivity index (χ0n) is 19.2. The van der Waals surface area contributed by atoms with Gasteiger partial charge in [-0.2, -0.15) is 23.4 Å². The fourth-order valence-corrected chi connectivity index (χ4v) is 4.60. The summed E-state index contributed by atoms with van der Waals surface area (Å²) in [5, 5.41) is 14.0. The molecule has 4 heterocycles. The summed E-state index contributed by atoms with van der Waals surface area (Å²) in [6.07, 6.45) is -1.46. The topological polar surface area (TPSA) is 120 Å². The number of halogens is 4. The molecule has 1 aliphatic heterocycles. The zero-order valence-corrected chi connectivity index (χ0v) is 20.0. The Bertz CT molecular complexity index is 1790. The molecule has 0 radical (unpaired) electrons. The Kier molecular flexibility index (Phi) is 5.21. The lowest BCUT2D eigenvalue weighted by molar-refractivity contribution is -0.143. The van der Waals surface area contributed by atoms with Gasteiger partial charge in [-0.3, -0.25) is 9.59 Å². The second kappa shape index (κ2) is 8.38. The number of aromatic nitrogens is 6. The maximum atomic E-state index is 14.3. The lowest BCUT2D eigenvalue weighted by Gasteiger charge is -2.15. The average molecular weight is 539 g/mol. The maximum Gasteiger partial charge on any atom is 0.434 e. The summed E-state index contributed by atoms with van der Waals surface area (Å²) in [6.45, 7) is 1.68. The third-order valence-electron chi connectivity index (χ3n) is 5.92. The summed E-state index contributed by atoms with van der Waals surface area (Å²) < 4.78 is 44.9. The fraction of sp³-hybridized carbons (Fsp3) is 0.0833. The molecule has 1 aliphatic rings. The Hall–Kier alpha value is -4.78. The van der Waals surface area contributed by atoms with Crippen LogP contribution in [0.5, 0.6) is 0 Å². The van der Waals surface area contributed by atoms with E-state index in [2.05, 4.69) is 30.8 Å². The van der Waals surface area contributed by atoms with Gasteiger partial charge >= 0.3 is 6.18 Å². The van der Waals surface area contributed by atoms with Crippen LogP contribution in [0.4, 0.5) is 24.5 Å². The molecule has 0 spiro atoms. The number of carbonyl (C=O) groups excluding carboxylic acids is 2. The number of nitrogens with zero attached hydrogens (tertiary/aromatic N) is 6. The van der Waals surface area contributed by atoms with E-state index in [1.807, 2.05) is 0 Å². The first kappa shape index (κ1) is 23.6. The van der Waals surface area contributed by atoms with Crippen LogP contribution in [0.2, 0.25) is 5.02 Å². The standard InChI is InChI=1S/C24H14ClF3N8O2/c1-11-30-10-35(34-11)21-16(25)7-12(8-29-21)32-23(38)15-9-31-36(20(15)24(26,27)28)18-6-5-17-19-13(18)3-2-4-14(19)22(37)33-17/h2-10H,1H3,(H,32,38)(H,33,37).